The van der Waals surface area contributed by atoms with Crippen molar-refractivity contribution in [1.29, 1.82) is 0 Å². The fourth-order valence-corrected chi connectivity index (χ4v) is 3.39. The van der Waals surface area contributed by atoms with Gasteiger partial charge in [-0.1, -0.05) is 31.3 Å². The topological polar surface area (TPSA) is 79.4 Å². The van der Waals surface area contributed by atoms with E-state index in [1.165, 1.54) is 16.9 Å². The fraction of sp³-hybridized carbons (Fsp3) is 0.375. The Kier molecular flexibility index (Phi) is 4.12. The van der Waals surface area contributed by atoms with Gasteiger partial charge >= 0.3 is 0 Å². The van der Waals surface area contributed by atoms with Crippen molar-refractivity contribution in [3.8, 4) is 0 Å². The molecular weight excluding hydrogens is 314 g/mol. The van der Waals surface area contributed by atoms with Crippen LogP contribution in [0.5, 0.6) is 0 Å². The summed E-state index contributed by atoms with van der Waals surface area (Å²) >= 11 is 1.39. The van der Waals surface area contributed by atoms with Crippen LogP contribution >= 0.6 is 11.3 Å². The smallest absolute Gasteiger partial charge is 0.246 e. The zero-order chi connectivity index (χ0) is 16.6. The number of hydrogen-bond donors (Lipinski definition) is 1. The third kappa shape index (κ3) is 3.24. The highest BCUT2D eigenvalue weighted by Gasteiger charge is 2.30. The van der Waals surface area contributed by atoms with Crippen LogP contribution in [0, 0.1) is 0 Å². The van der Waals surface area contributed by atoms with Crippen molar-refractivity contribution in [2.24, 2.45) is 0 Å². The van der Waals surface area contributed by atoms with Gasteiger partial charge in [-0.05, 0) is 23.6 Å². The maximum atomic E-state index is 12.0. The van der Waals surface area contributed by atoms with Crippen LogP contribution in [0.25, 0.3) is 10.2 Å². The minimum atomic E-state index is -0.406. The molecule has 3 rings (SSSR count). The summed E-state index contributed by atoms with van der Waals surface area (Å²) in [5.41, 5.74) is 2.04. The molecule has 3 amide bonds. The molecule has 2 heterocycles. The summed E-state index contributed by atoms with van der Waals surface area (Å²) in [5, 5.41) is 3.15. The summed E-state index contributed by atoms with van der Waals surface area (Å²) < 4.78 is 1.000. The van der Waals surface area contributed by atoms with Crippen LogP contribution in [0.4, 0.5) is 5.13 Å². The highest BCUT2D eigenvalue weighted by molar-refractivity contribution is 7.22. The van der Waals surface area contributed by atoms with Crippen LogP contribution in [0.2, 0.25) is 0 Å². The minimum Gasteiger partial charge on any atom is -0.300 e. The Morgan fingerprint density at radius 1 is 1.30 bits per heavy atom. The summed E-state index contributed by atoms with van der Waals surface area (Å²) in [4.78, 5) is 40.4. The first-order valence-corrected chi connectivity index (χ1v) is 8.29. The van der Waals surface area contributed by atoms with Crippen LogP contribution < -0.4 is 5.32 Å². The van der Waals surface area contributed by atoms with Crippen molar-refractivity contribution in [2.75, 3.05) is 11.9 Å². The molecule has 1 aromatic carbocycles. The first-order chi connectivity index (χ1) is 10.9. The number of benzene rings is 1. The molecule has 1 fully saturated rings. The van der Waals surface area contributed by atoms with Crippen molar-refractivity contribution in [1.82, 2.24) is 9.88 Å². The number of nitrogens with zero attached hydrogens (tertiary/aromatic N) is 2. The zero-order valence-electron chi connectivity index (χ0n) is 13.0. The summed E-state index contributed by atoms with van der Waals surface area (Å²) in [6.45, 7) is 3.99. The summed E-state index contributed by atoms with van der Waals surface area (Å²) in [6.07, 6.45) is 0.371. The molecule has 1 aliphatic rings. The Morgan fingerprint density at radius 2 is 2.00 bits per heavy atom. The van der Waals surface area contributed by atoms with Gasteiger partial charge < -0.3 is 5.32 Å². The number of thiazole rings is 1. The second-order valence-electron chi connectivity index (χ2n) is 5.82. The molecular formula is C16H17N3O3S. The SMILES string of the molecule is CC(C)c1ccc2nc(NC(=O)CN3C(=O)CCC3=O)sc2c1. The molecule has 0 saturated carbocycles. The molecule has 120 valence electrons. The molecule has 1 N–H and O–H groups in total. The predicted molar refractivity (Wildman–Crippen MR) is 88.3 cm³/mol. The first-order valence-electron chi connectivity index (χ1n) is 7.47. The Hall–Kier alpha value is -2.28. The number of hydrogen-bond acceptors (Lipinski definition) is 5. The Morgan fingerprint density at radius 3 is 2.65 bits per heavy atom. The van der Waals surface area contributed by atoms with Crippen molar-refractivity contribution in [3.63, 3.8) is 0 Å². The van der Waals surface area contributed by atoms with Gasteiger partial charge in [0.25, 0.3) is 0 Å². The van der Waals surface area contributed by atoms with Crippen LogP contribution in [0.15, 0.2) is 18.2 Å². The van der Waals surface area contributed by atoms with Crippen LogP contribution in [0.3, 0.4) is 0 Å². The third-order valence-corrected chi connectivity index (χ3v) is 4.72. The van der Waals surface area contributed by atoms with Crippen molar-refractivity contribution in [3.05, 3.63) is 23.8 Å². The zero-order valence-corrected chi connectivity index (χ0v) is 13.8. The van der Waals surface area contributed by atoms with E-state index in [1.54, 1.807) is 0 Å². The summed E-state index contributed by atoms with van der Waals surface area (Å²) in [6, 6.07) is 6.03. The van der Waals surface area contributed by atoms with Gasteiger partial charge in [0, 0.05) is 12.8 Å². The first kappa shape index (κ1) is 15.6. The van der Waals surface area contributed by atoms with Gasteiger partial charge in [0.2, 0.25) is 17.7 Å². The molecule has 23 heavy (non-hydrogen) atoms. The average Bonchev–Trinajstić information content (AvgIpc) is 3.03. The number of fused-ring (bicyclic) bond motifs is 1. The van der Waals surface area contributed by atoms with E-state index in [0.717, 1.165) is 15.1 Å². The number of nitrogens with one attached hydrogen (secondary N) is 1. The standard InChI is InChI=1S/C16H17N3O3S/c1-9(2)10-3-4-11-12(7-10)23-16(17-11)18-13(20)8-19-14(21)5-6-15(19)22/h3-4,7,9H,5-6,8H2,1-2H3,(H,17,18,20). The second kappa shape index (κ2) is 6.08. The maximum Gasteiger partial charge on any atom is 0.246 e. The molecule has 1 saturated heterocycles. The van der Waals surface area contributed by atoms with Crippen LogP contribution in [-0.2, 0) is 14.4 Å². The molecule has 0 aliphatic carbocycles. The molecule has 0 bridgehead atoms. The molecule has 1 aliphatic heterocycles. The van der Waals surface area contributed by atoms with E-state index >= 15 is 0 Å². The van der Waals surface area contributed by atoms with E-state index in [0.29, 0.717) is 11.0 Å². The lowest BCUT2D eigenvalue weighted by atomic mass is 10.0. The van der Waals surface area contributed by atoms with Gasteiger partial charge in [0.15, 0.2) is 5.13 Å². The van der Waals surface area contributed by atoms with Crippen molar-refractivity contribution >= 4 is 44.4 Å². The van der Waals surface area contributed by atoms with E-state index in [2.05, 4.69) is 30.2 Å². The average molecular weight is 331 g/mol. The normalized spacial score (nSPS) is 15.0. The maximum absolute atomic E-state index is 12.0. The number of aromatic nitrogens is 1. The van der Waals surface area contributed by atoms with E-state index in [9.17, 15) is 14.4 Å². The number of carbonyl (C=O) groups excluding carboxylic acids is 3. The molecule has 0 radical (unpaired) electrons. The molecule has 6 nitrogen and oxygen atoms in total. The van der Waals surface area contributed by atoms with Gasteiger partial charge in [-0.3, -0.25) is 19.3 Å². The largest absolute Gasteiger partial charge is 0.300 e. The number of carbonyl (C=O) groups is 3. The molecule has 2 aromatic rings. The molecule has 0 atom stereocenters. The second-order valence-corrected chi connectivity index (χ2v) is 6.85. The highest BCUT2D eigenvalue weighted by atomic mass is 32.1. The lowest BCUT2D eigenvalue weighted by Gasteiger charge is -2.12. The van der Waals surface area contributed by atoms with E-state index in [1.807, 2.05) is 12.1 Å². The number of amides is 3. The molecule has 1 aromatic heterocycles. The molecule has 0 spiro atoms. The number of likely N-dealkylation sites (tertiary alicyclic amines) is 1. The number of rotatable bonds is 4. The quantitative estimate of drug-likeness (QED) is 0.873. The summed E-state index contributed by atoms with van der Waals surface area (Å²) in [7, 11) is 0. The number of anilines is 1. The minimum absolute atomic E-state index is 0.186. The fourth-order valence-electron chi connectivity index (χ4n) is 2.46. The van der Waals surface area contributed by atoms with E-state index in [-0.39, 0.29) is 31.2 Å². The lowest BCUT2D eigenvalue weighted by Crippen LogP contribution is -2.36. The van der Waals surface area contributed by atoms with Gasteiger partial charge in [0.1, 0.15) is 6.54 Å². The summed E-state index contributed by atoms with van der Waals surface area (Å²) in [5.74, 6) is -0.574. The molecule has 7 heteroatoms. The van der Waals surface area contributed by atoms with Crippen LogP contribution in [0.1, 0.15) is 38.2 Å². The van der Waals surface area contributed by atoms with E-state index < -0.39 is 5.91 Å². The Labute approximate surface area is 137 Å². The van der Waals surface area contributed by atoms with Gasteiger partial charge in [-0.25, -0.2) is 4.98 Å². The third-order valence-electron chi connectivity index (χ3n) is 3.78. The van der Waals surface area contributed by atoms with Gasteiger partial charge in [-0.2, -0.15) is 0 Å². The van der Waals surface area contributed by atoms with Gasteiger partial charge in [0.05, 0.1) is 10.2 Å². The van der Waals surface area contributed by atoms with Crippen molar-refractivity contribution < 1.29 is 14.4 Å². The van der Waals surface area contributed by atoms with Gasteiger partial charge in [-0.15, -0.1) is 0 Å². The highest BCUT2D eigenvalue weighted by Crippen LogP contribution is 2.29. The number of imide groups is 1. The predicted octanol–water partition coefficient (Wildman–Crippen LogP) is 2.51. The molecule has 0 unspecified atom stereocenters. The van der Waals surface area contributed by atoms with Crippen LogP contribution in [-0.4, -0.2) is 34.2 Å². The monoisotopic (exact) mass is 331 g/mol. The lowest BCUT2D eigenvalue weighted by molar-refractivity contribution is -0.141. The van der Waals surface area contributed by atoms with E-state index in [4.69, 9.17) is 0 Å². The Bertz CT molecular complexity index is 781. The van der Waals surface area contributed by atoms with Crippen molar-refractivity contribution in [2.45, 2.75) is 32.6 Å². The Balaban J connectivity index is 1.72.